The Morgan fingerprint density at radius 3 is 2.52 bits per heavy atom. The van der Waals surface area contributed by atoms with Crippen LogP contribution in [0.3, 0.4) is 0 Å². The molecule has 27 heavy (non-hydrogen) atoms. The summed E-state index contributed by atoms with van der Waals surface area (Å²) in [5.41, 5.74) is 1.01. The Balaban J connectivity index is 1.25. The van der Waals surface area contributed by atoms with E-state index in [1.54, 1.807) is 6.33 Å². The first-order valence-corrected chi connectivity index (χ1v) is 10.0. The van der Waals surface area contributed by atoms with E-state index < -0.39 is 0 Å². The van der Waals surface area contributed by atoms with Crippen molar-refractivity contribution in [2.75, 3.05) is 26.2 Å². The topological polar surface area (TPSA) is 66.3 Å². The van der Waals surface area contributed by atoms with E-state index in [-0.39, 0.29) is 6.03 Å². The van der Waals surface area contributed by atoms with Crippen LogP contribution >= 0.6 is 0 Å². The van der Waals surface area contributed by atoms with Crippen LogP contribution in [0.1, 0.15) is 37.9 Å². The van der Waals surface area contributed by atoms with Crippen molar-refractivity contribution in [2.45, 2.75) is 44.7 Å². The number of hydrogen-bond acceptors (Lipinski definition) is 4. The molecule has 4 rings (SSSR count). The van der Waals surface area contributed by atoms with Gasteiger partial charge in [-0.1, -0.05) is 37.5 Å². The van der Waals surface area contributed by atoms with Gasteiger partial charge in [0.2, 0.25) is 0 Å². The summed E-state index contributed by atoms with van der Waals surface area (Å²) in [6, 6.07) is 10.5. The number of piperazine rings is 1. The van der Waals surface area contributed by atoms with Gasteiger partial charge in [0.15, 0.2) is 5.82 Å². The number of hydrogen-bond donors (Lipinski definition) is 1. The molecule has 1 aliphatic heterocycles. The van der Waals surface area contributed by atoms with E-state index in [2.05, 4.69) is 20.3 Å². The maximum absolute atomic E-state index is 12.5. The molecule has 2 aliphatic rings. The molecule has 1 N–H and O–H groups in total. The van der Waals surface area contributed by atoms with E-state index in [4.69, 9.17) is 0 Å². The lowest BCUT2D eigenvalue weighted by Gasteiger charge is -2.35. The minimum atomic E-state index is 0.105. The SMILES string of the molecule is O=C(NC1CCCCC1)N1CCN(Cc2ncn(-c3ccccc3)n2)CC1. The number of para-hydroxylation sites is 1. The van der Waals surface area contributed by atoms with E-state index >= 15 is 0 Å². The van der Waals surface area contributed by atoms with Crippen LogP contribution in [0.4, 0.5) is 4.79 Å². The monoisotopic (exact) mass is 368 g/mol. The predicted molar refractivity (Wildman–Crippen MR) is 104 cm³/mol. The Bertz CT molecular complexity index is 732. The molecule has 1 saturated heterocycles. The summed E-state index contributed by atoms with van der Waals surface area (Å²) >= 11 is 0. The standard InChI is InChI=1S/C20H28N6O/c27-20(22-17-7-3-1-4-8-17)25-13-11-24(12-14-25)15-19-21-16-26(23-19)18-9-5-2-6-10-18/h2,5-6,9-10,16-17H,1,3-4,7-8,11-15H2,(H,22,27). The average Bonchev–Trinajstić information content (AvgIpc) is 3.18. The molecule has 144 valence electrons. The van der Waals surface area contributed by atoms with E-state index in [0.29, 0.717) is 6.04 Å². The summed E-state index contributed by atoms with van der Waals surface area (Å²) < 4.78 is 1.81. The fourth-order valence-electron chi connectivity index (χ4n) is 3.90. The zero-order chi connectivity index (χ0) is 18.5. The zero-order valence-corrected chi connectivity index (χ0v) is 15.8. The van der Waals surface area contributed by atoms with Gasteiger partial charge in [0.1, 0.15) is 6.33 Å². The van der Waals surface area contributed by atoms with Crippen molar-refractivity contribution in [3.63, 3.8) is 0 Å². The molecule has 1 aromatic carbocycles. The summed E-state index contributed by atoms with van der Waals surface area (Å²) in [7, 11) is 0. The first-order chi connectivity index (χ1) is 13.3. The van der Waals surface area contributed by atoms with Gasteiger partial charge >= 0.3 is 6.03 Å². The van der Waals surface area contributed by atoms with Crippen LogP contribution in [0, 0.1) is 0 Å². The van der Waals surface area contributed by atoms with Gasteiger partial charge in [0.05, 0.1) is 12.2 Å². The third-order valence-corrected chi connectivity index (χ3v) is 5.52. The molecule has 0 bridgehead atoms. The van der Waals surface area contributed by atoms with Gasteiger partial charge in [-0.15, -0.1) is 5.10 Å². The van der Waals surface area contributed by atoms with Crippen molar-refractivity contribution in [3.8, 4) is 5.69 Å². The quantitative estimate of drug-likeness (QED) is 0.900. The van der Waals surface area contributed by atoms with Crippen LogP contribution < -0.4 is 5.32 Å². The third kappa shape index (κ3) is 4.66. The number of aromatic nitrogens is 3. The van der Waals surface area contributed by atoms with Gasteiger partial charge in [-0.25, -0.2) is 14.5 Å². The molecule has 2 heterocycles. The molecule has 0 spiro atoms. The molecule has 7 nitrogen and oxygen atoms in total. The highest BCUT2D eigenvalue weighted by molar-refractivity contribution is 5.74. The second kappa shape index (κ2) is 8.52. The fraction of sp³-hybridized carbons (Fsp3) is 0.550. The normalized spacial score (nSPS) is 19.2. The highest BCUT2D eigenvalue weighted by Gasteiger charge is 2.24. The summed E-state index contributed by atoms with van der Waals surface area (Å²) in [5, 5.41) is 7.79. The van der Waals surface area contributed by atoms with E-state index in [9.17, 15) is 4.79 Å². The van der Waals surface area contributed by atoms with Crippen molar-refractivity contribution in [2.24, 2.45) is 0 Å². The second-order valence-corrected chi connectivity index (χ2v) is 7.49. The minimum absolute atomic E-state index is 0.105. The fourth-order valence-corrected chi connectivity index (χ4v) is 3.90. The lowest BCUT2D eigenvalue weighted by molar-refractivity contribution is 0.130. The molecular weight excluding hydrogens is 340 g/mol. The molecule has 2 fully saturated rings. The van der Waals surface area contributed by atoms with Crippen LogP contribution in [0.2, 0.25) is 0 Å². The van der Waals surface area contributed by atoms with Gasteiger partial charge in [-0.2, -0.15) is 0 Å². The minimum Gasteiger partial charge on any atom is -0.335 e. The second-order valence-electron chi connectivity index (χ2n) is 7.49. The number of rotatable bonds is 4. The number of nitrogens with one attached hydrogen (secondary N) is 1. The summed E-state index contributed by atoms with van der Waals surface area (Å²) in [6.45, 7) is 3.96. The van der Waals surface area contributed by atoms with E-state index in [0.717, 1.165) is 57.1 Å². The molecule has 2 aromatic rings. The number of benzene rings is 1. The lowest BCUT2D eigenvalue weighted by atomic mass is 9.96. The lowest BCUT2D eigenvalue weighted by Crippen LogP contribution is -2.53. The number of nitrogens with zero attached hydrogens (tertiary/aromatic N) is 5. The Hall–Kier alpha value is -2.41. The highest BCUT2D eigenvalue weighted by atomic mass is 16.2. The number of carbonyl (C=O) groups is 1. The molecule has 1 saturated carbocycles. The largest absolute Gasteiger partial charge is 0.335 e. The van der Waals surface area contributed by atoms with Crippen LogP contribution in [-0.4, -0.2) is 62.8 Å². The van der Waals surface area contributed by atoms with Gasteiger partial charge in [0.25, 0.3) is 0 Å². The molecule has 7 heteroatoms. The van der Waals surface area contributed by atoms with Crippen LogP contribution in [0.5, 0.6) is 0 Å². The molecule has 0 radical (unpaired) electrons. The maximum atomic E-state index is 12.5. The van der Waals surface area contributed by atoms with E-state index in [1.807, 2.05) is 39.9 Å². The first kappa shape index (κ1) is 18.0. The third-order valence-electron chi connectivity index (χ3n) is 5.52. The molecule has 0 unspecified atom stereocenters. The van der Waals surface area contributed by atoms with Crippen LogP contribution in [0.15, 0.2) is 36.7 Å². The van der Waals surface area contributed by atoms with Crippen molar-refractivity contribution in [1.82, 2.24) is 29.9 Å². The number of amides is 2. The Morgan fingerprint density at radius 2 is 1.78 bits per heavy atom. The van der Waals surface area contributed by atoms with Gasteiger partial charge in [0, 0.05) is 32.2 Å². The van der Waals surface area contributed by atoms with Gasteiger partial charge in [-0.05, 0) is 25.0 Å². The smallest absolute Gasteiger partial charge is 0.317 e. The van der Waals surface area contributed by atoms with Crippen molar-refractivity contribution in [1.29, 1.82) is 0 Å². The average molecular weight is 368 g/mol. The van der Waals surface area contributed by atoms with Crippen molar-refractivity contribution >= 4 is 6.03 Å². The molecule has 2 amide bonds. The Kier molecular flexibility index (Phi) is 5.67. The zero-order valence-electron chi connectivity index (χ0n) is 15.8. The first-order valence-electron chi connectivity index (χ1n) is 10.0. The Labute approximate surface area is 160 Å². The summed E-state index contributed by atoms with van der Waals surface area (Å²) in [4.78, 5) is 21.2. The highest BCUT2D eigenvalue weighted by Crippen LogP contribution is 2.18. The summed E-state index contributed by atoms with van der Waals surface area (Å²) in [6.07, 6.45) is 7.79. The molecule has 1 aromatic heterocycles. The van der Waals surface area contributed by atoms with Crippen LogP contribution in [0.25, 0.3) is 5.69 Å². The van der Waals surface area contributed by atoms with Crippen molar-refractivity contribution in [3.05, 3.63) is 42.5 Å². The van der Waals surface area contributed by atoms with Gasteiger partial charge in [-0.3, -0.25) is 4.90 Å². The Morgan fingerprint density at radius 1 is 1.04 bits per heavy atom. The number of carbonyl (C=O) groups excluding carboxylic acids is 1. The van der Waals surface area contributed by atoms with Crippen molar-refractivity contribution < 1.29 is 4.79 Å². The predicted octanol–water partition coefficient (Wildman–Crippen LogP) is 2.43. The number of urea groups is 1. The molecular formula is C20H28N6O. The van der Waals surface area contributed by atoms with Gasteiger partial charge < -0.3 is 10.2 Å². The molecule has 0 atom stereocenters. The van der Waals surface area contributed by atoms with Crippen LogP contribution in [-0.2, 0) is 6.54 Å². The van der Waals surface area contributed by atoms with E-state index in [1.165, 1.54) is 19.3 Å². The summed E-state index contributed by atoms with van der Waals surface area (Å²) in [5.74, 6) is 0.818. The maximum Gasteiger partial charge on any atom is 0.317 e. The molecule has 1 aliphatic carbocycles.